The lowest BCUT2D eigenvalue weighted by Crippen LogP contribution is -2.17. The van der Waals surface area contributed by atoms with E-state index in [2.05, 4.69) is 30.4 Å². The third kappa shape index (κ3) is 0.721. The van der Waals surface area contributed by atoms with Crippen molar-refractivity contribution in [2.24, 2.45) is 11.3 Å². The second-order valence-electron chi connectivity index (χ2n) is 3.95. The Morgan fingerprint density at radius 2 is 2.42 bits per heavy atom. The molecule has 0 saturated carbocycles. The standard InChI is InChI=1S/C11H12O/c1-2-4-11-6-9(3-1)5-10(11)7-12-8-11/h1-5,9H,6-8H2/t9-,11-/m1/s1. The normalized spacial score (nSPS) is 42.7. The fraction of sp³-hybridized carbons (Fsp3) is 0.455. The maximum Gasteiger partial charge on any atom is 0.0686 e. The number of rotatable bonds is 0. The fourth-order valence-corrected chi connectivity index (χ4v) is 2.51. The summed E-state index contributed by atoms with van der Waals surface area (Å²) in [6.07, 6.45) is 12.5. The van der Waals surface area contributed by atoms with Crippen LogP contribution in [-0.2, 0) is 4.74 Å². The average molecular weight is 160 g/mol. The molecule has 0 N–H and O–H groups in total. The molecule has 0 radical (unpaired) electrons. The van der Waals surface area contributed by atoms with E-state index in [1.807, 2.05) is 0 Å². The van der Waals surface area contributed by atoms with E-state index in [1.54, 1.807) is 0 Å². The van der Waals surface area contributed by atoms with Crippen LogP contribution in [-0.4, -0.2) is 13.2 Å². The van der Waals surface area contributed by atoms with Gasteiger partial charge in [-0.1, -0.05) is 30.4 Å². The van der Waals surface area contributed by atoms with Gasteiger partial charge < -0.3 is 4.74 Å². The molecule has 1 heterocycles. The van der Waals surface area contributed by atoms with E-state index in [9.17, 15) is 0 Å². The van der Waals surface area contributed by atoms with Crippen molar-refractivity contribution < 1.29 is 4.74 Å². The molecule has 2 atom stereocenters. The molecule has 0 aromatic rings. The van der Waals surface area contributed by atoms with E-state index < -0.39 is 0 Å². The first-order valence-corrected chi connectivity index (χ1v) is 4.54. The molecule has 62 valence electrons. The van der Waals surface area contributed by atoms with Crippen LogP contribution < -0.4 is 0 Å². The molecule has 0 unspecified atom stereocenters. The summed E-state index contributed by atoms with van der Waals surface area (Å²) in [5, 5.41) is 0. The lowest BCUT2D eigenvalue weighted by Gasteiger charge is -2.19. The molecule has 0 amide bonds. The average Bonchev–Trinajstić information content (AvgIpc) is 2.39. The van der Waals surface area contributed by atoms with E-state index in [0.29, 0.717) is 5.92 Å². The predicted molar refractivity (Wildman–Crippen MR) is 47.7 cm³/mol. The monoisotopic (exact) mass is 160 g/mol. The molecule has 12 heavy (non-hydrogen) atoms. The second kappa shape index (κ2) is 2.11. The summed E-state index contributed by atoms with van der Waals surface area (Å²) >= 11 is 0. The molecule has 1 fully saturated rings. The number of hydrogen-bond acceptors (Lipinski definition) is 1. The van der Waals surface area contributed by atoms with Crippen LogP contribution >= 0.6 is 0 Å². The molecule has 1 aliphatic heterocycles. The van der Waals surface area contributed by atoms with Crippen LogP contribution in [0.25, 0.3) is 0 Å². The number of fused-ring (bicyclic) bond motifs is 1. The molecular weight excluding hydrogens is 148 g/mol. The highest BCUT2D eigenvalue weighted by atomic mass is 16.5. The lowest BCUT2D eigenvalue weighted by molar-refractivity contribution is 0.164. The largest absolute Gasteiger partial charge is 0.376 e. The summed E-state index contributed by atoms with van der Waals surface area (Å²) in [4.78, 5) is 0. The second-order valence-corrected chi connectivity index (χ2v) is 3.95. The highest BCUT2D eigenvalue weighted by Gasteiger charge is 2.43. The van der Waals surface area contributed by atoms with Crippen molar-refractivity contribution in [1.82, 2.24) is 0 Å². The minimum atomic E-state index is 0.286. The van der Waals surface area contributed by atoms with E-state index in [-0.39, 0.29) is 5.41 Å². The molecule has 3 rings (SSSR count). The van der Waals surface area contributed by atoms with Crippen LogP contribution in [0.4, 0.5) is 0 Å². The van der Waals surface area contributed by atoms with Crippen LogP contribution in [0.2, 0.25) is 0 Å². The zero-order chi connectivity index (χ0) is 8.02. The molecule has 2 aliphatic carbocycles. The van der Waals surface area contributed by atoms with Crippen molar-refractivity contribution in [3.63, 3.8) is 0 Å². The first kappa shape index (κ1) is 6.67. The molecule has 2 bridgehead atoms. The van der Waals surface area contributed by atoms with Gasteiger partial charge in [-0.2, -0.15) is 0 Å². The zero-order valence-corrected chi connectivity index (χ0v) is 6.99. The SMILES string of the molecule is C1=C[C@@H]2C=C3COC[C@@]3(C=C1)C2. The maximum absolute atomic E-state index is 5.50. The maximum atomic E-state index is 5.50. The van der Waals surface area contributed by atoms with Crippen molar-refractivity contribution in [1.29, 1.82) is 0 Å². The Kier molecular flexibility index (Phi) is 1.17. The van der Waals surface area contributed by atoms with Crippen molar-refractivity contribution in [2.75, 3.05) is 13.2 Å². The van der Waals surface area contributed by atoms with Crippen LogP contribution in [0.1, 0.15) is 6.42 Å². The van der Waals surface area contributed by atoms with Crippen molar-refractivity contribution in [3.8, 4) is 0 Å². The quantitative estimate of drug-likeness (QED) is 0.493. The Morgan fingerprint density at radius 1 is 1.42 bits per heavy atom. The van der Waals surface area contributed by atoms with Crippen LogP contribution in [0.3, 0.4) is 0 Å². The zero-order valence-electron chi connectivity index (χ0n) is 6.99. The van der Waals surface area contributed by atoms with Gasteiger partial charge in [0, 0.05) is 5.41 Å². The minimum Gasteiger partial charge on any atom is -0.376 e. The van der Waals surface area contributed by atoms with Gasteiger partial charge >= 0.3 is 0 Å². The Morgan fingerprint density at radius 3 is 3.42 bits per heavy atom. The summed E-state index contributed by atoms with van der Waals surface area (Å²) in [6, 6.07) is 0. The topological polar surface area (TPSA) is 9.23 Å². The van der Waals surface area contributed by atoms with Crippen molar-refractivity contribution >= 4 is 0 Å². The number of ether oxygens (including phenoxy) is 1. The highest BCUT2D eigenvalue weighted by Crippen LogP contribution is 2.48. The van der Waals surface area contributed by atoms with E-state index in [1.165, 1.54) is 12.0 Å². The smallest absolute Gasteiger partial charge is 0.0686 e. The van der Waals surface area contributed by atoms with Gasteiger partial charge in [0.25, 0.3) is 0 Å². The predicted octanol–water partition coefficient (Wildman–Crippen LogP) is 2.08. The number of hydrogen-bond donors (Lipinski definition) is 0. The van der Waals surface area contributed by atoms with E-state index in [0.717, 1.165) is 13.2 Å². The van der Waals surface area contributed by atoms with Gasteiger partial charge in [0.15, 0.2) is 0 Å². The van der Waals surface area contributed by atoms with Crippen LogP contribution in [0.15, 0.2) is 36.0 Å². The Labute approximate surface area is 72.4 Å². The molecule has 1 spiro atoms. The van der Waals surface area contributed by atoms with Crippen LogP contribution in [0.5, 0.6) is 0 Å². The molecule has 1 saturated heterocycles. The first-order chi connectivity index (χ1) is 5.89. The van der Waals surface area contributed by atoms with Gasteiger partial charge in [0.1, 0.15) is 0 Å². The van der Waals surface area contributed by atoms with Gasteiger partial charge in [0.05, 0.1) is 13.2 Å². The van der Waals surface area contributed by atoms with Gasteiger partial charge in [-0.25, -0.2) is 0 Å². The summed E-state index contributed by atoms with van der Waals surface area (Å²) in [5.74, 6) is 0.666. The Hall–Kier alpha value is -0.820. The molecule has 1 heteroatoms. The van der Waals surface area contributed by atoms with Gasteiger partial charge in [-0.15, -0.1) is 0 Å². The lowest BCUT2D eigenvalue weighted by atomic mass is 9.83. The van der Waals surface area contributed by atoms with Crippen molar-refractivity contribution in [3.05, 3.63) is 36.0 Å². The molecule has 0 aromatic heterocycles. The third-order valence-electron chi connectivity index (χ3n) is 3.16. The molecular formula is C11H12O. The van der Waals surface area contributed by atoms with E-state index in [4.69, 9.17) is 4.74 Å². The molecule has 3 aliphatic rings. The van der Waals surface area contributed by atoms with Crippen LogP contribution in [0, 0.1) is 11.3 Å². The molecule has 1 nitrogen and oxygen atoms in total. The Bertz CT molecular complexity index is 298. The summed E-state index contributed by atoms with van der Waals surface area (Å²) < 4.78 is 5.50. The Balaban J connectivity index is 2.12. The highest BCUT2D eigenvalue weighted by molar-refractivity contribution is 5.37. The van der Waals surface area contributed by atoms with E-state index >= 15 is 0 Å². The summed E-state index contributed by atoms with van der Waals surface area (Å²) in [7, 11) is 0. The third-order valence-corrected chi connectivity index (χ3v) is 3.16. The van der Waals surface area contributed by atoms with Gasteiger partial charge in [0.2, 0.25) is 0 Å². The van der Waals surface area contributed by atoms with Gasteiger partial charge in [-0.05, 0) is 17.9 Å². The van der Waals surface area contributed by atoms with Gasteiger partial charge in [-0.3, -0.25) is 0 Å². The number of allylic oxidation sites excluding steroid dienone is 4. The summed E-state index contributed by atoms with van der Waals surface area (Å²) in [5.41, 5.74) is 1.79. The fourth-order valence-electron chi connectivity index (χ4n) is 2.51. The molecule has 0 aromatic carbocycles. The first-order valence-electron chi connectivity index (χ1n) is 4.54. The summed E-state index contributed by atoms with van der Waals surface area (Å²) in [6.45, 7) is 1.75. The minimum absolute atomic E-state index is 0.286. The van der Waals surface area contributed by atoms with Crippen molar-refractivity contribution in [2.45, 2.75) is 6.42 Å².